The van der Waals surface area contributed by atoms with Crippen molar-refractivity contribution >= 4 is 0 Å². The summed E-state index contributed by atoms with van der Waals surface area (Å²) in [7, 11) is 0. The van der Waals surface area contributed by atoms with Gasteiger partial charge in [-0.15, -0.1) is 5.10 Å². The first-order chi connectivity index (χ1) is 8.68. The van der Waals surface area contributed by atoms with Crippen LogP contribution in [0.25, 0.3) is 5.69 Å². The molecule has 1 aromatic heterocycles. The van der Waals surface area contributed by atoms with Crippen LogP contribution < -0.4 is 0 Å². The summed E-state index contributed by atoms with van der Waals surface area (Å²) in [5, 5.41) is 17.2. The van der Waals surface area contributed by atoms with Crippen molar-refractivity contribution in [2.24, 2.45) is 0 Å². The van der Waals surface area contributed by atoms with Crippen molar-refractivity contribution in [3.63, 3.8) is 0 Å². The first kappa shape index (κ1) is 13.5. The van der Waals surface area contributed by atoms with E-state index < -0.39 is 17.3 Å². The van der Waals surface area contributed by atoms with E-state index >= 15 is 0 Å². The van der Waals surface area contributed by atoms with Gasteiger partial charge in [-0.1, -0.05) is 11.3 Å². The molecule has 0 fully saturated rings. The number of benzene rings is 1. The fraction of sp³-hybridized carbons (Fsp3) is 0.333. The zero-order valence-corrected chi connectivity index (χ0v) is 10.3. The molecule has 0 aliphatic heterocycles. The molecule has 1 aromatic carbocycles. The smallest absolute Gasteiger partial charge is 0.384 e. The molecule has 4 nitrogen and oxygen atoms in total. The molecule has 0 aliphatic carbocycles. The lowest BCUT2D eigenvalue weighted by atomic mass is 10.1. The Balaban J connectivity index is 2.40. The maximum Gasteiger partial charge on any atom is 0.416 e. The zero-order chi connectivity index (χ0) is 14.3. The second kappa shape index (κ2) is 4.34. The Kier molecular flexibility index (Phi) is 3.09. The summed E-state index contributed by atoms with van der Waals surface area (Å²) in [6.45, 7) is 3.04. The molecule has 1 heterocycles. The lowest BCUT2D eigenvalue weighted by Crippen LogP contribution is -2.15. The molecule has 0 aliphatic rings. The predicted octanol–water partition coefficient (Wildman–Crippen LogP) is 2.51. The van der Waals surface area contributed by atoms with Crippen LogP contribution in [0.1, 0.15) is 25.1 Å². The fourth-order valence-electron chi connectivity index (χ4n) is 1.50. The van der Waals surface area contributed by atoms with Gasteiger partial charge in [0.05, 0.1) is 17.4 Å². The highest BCUT2D eigenvalue weighted by atomic mass is 19.4. The van der Waals surface area contributed by atoms with Crippen LogP contribution in [0.15, 0.2) is 30.5 Å². The summed E-state index contributed by atoms with van der Waals surface area (Å²) >= 11 is 0. The third-order valence-electron chi connectivity index (χ3n) is 2.56. The van der Waals surface area contributed by atoms with E-state index in [1.165, 1.54) is 36.9 Å². The van der Waals surface area contributed by atoms with Crippen molar-refractivity contribution in [3.05, 3.63) is 41.7 Å². The highest BCUT2D eigenvalue weighted by Crippen LogP contribution is 2.30. The van der Waals surface area contributed by atoms with Gasteiger partial charge in [0, 0.05) is 0 Å². The summed E-state index contributed by atoms with van der Waals surface area (Å²) in [6.07, 6.45) is -3.01. The summed E-state index contributed by atoms with van der Waals surface area (Å²) < 4.78 is 39.0. The Morgan fingerprint density at radius 1 is 1.21 bits per heavy atom. The molecule has 2 aromatic rings. The van der Waals surface area contributed by atoms with Crippen LogP contribution in [0, 0.1) is 0 Å². The second-order valence-electron chi connectivity index (χ2n) is 4.66. The highest BCUT2D eigenvalue weighted by molar-refractivity contribution is 5.36. The molecule has 0 spiro atoms. The molecule has 102 valence electrons. The molecule has 0 radical (unpaired) electrons. The summed E-state index contributed by atoms with van der Waals surface area (Å²) in [4.78, 5) is 0. The number of aliphatic hydroxyl groups is 1. The first-order valence-electron chi connectivity index (χ1n) is 5.51. The maximum atomic E-state index is 12.6. The maximum absolute atomic E-state index is 12.6. The third kappa shape index (κ3) is 2.93. The molecule has 2 rings (SSSR count). The van der Waals surface area contributed by atoms with Crippen LogP contribution in [0.3, 0.4) is 0 Å². The minimum atomic E-state index is -4.41. The van der Waals surface area contributed by atoms with E-state index in [0.29, 0.717) is 0 Å². The van der Waals surface area contributed by atoms with Gasteiger partial charge in [0.2, 0.25) is 0 Å². The van der Waals surface area contributed by atoms with E-state index in [1.54, 1.807) is 0 Å². The largest absolute Gasteiger partial charge is 0.416 e. The quantitative estimate of drug-likeness (QED) is 0.913. The molecular weight excluding hydrogens is 259 g/mol. The molecular formula is C12H12F3N3O. The van der Waals surface area contributed by atoms with Crippen molar-refractivity contribution in [3.8, 4) is 5.69 Å². The van der Waals surface area contributed by atoms with Crippen LogP contribution in [-0.4, -0.2) is 20.1 Å². The molecule has 0 unspecified atom stereocenters. The molecule has 7 heteroatoms. The van der Waals surface area contributed by atoms with Crippen molar-refractivity contribution < 1.29 is 18.3 Å². The van der Waals surface area contributed by atoms with Gasteiger partial charge in [-0.2, -0.15) is 13.2 Å². The molecule has 1 N–H and O–H groups in total. The van der Waals surface area contributed by atoms with Gasteiger partial charge in [0.25, 0.3) is 0 Å². The molecule has 0 atom stereocenters. The molecule has 0 saturated carbocycles. The van der Waals surface area contributed by atoms with E-state index in [-0.39, 0.29) is 11.4 Å². The van der Waals surface area contributed by atoms with Gasteiger partial charge in [-0.25, -0.2) is 4.68 Å². The number of hydrogen-bond acceptors (Lipinski definition) is 3. The minimum Gasteiger partial charge on any atom is -0.384 e. The zero-order valence-electron chi connectivity index (χ0n) is 10.3. The van der Waals surface area contributed by atoms with Crippen LogP contribution in [0.5, 0.6) is 0 Å². The highest BCUT2D eigenvalue weighted by Gasteiger charge is 2.30. The number of rotatable bonds is 2. The number of aromatic nitrogens is 3. The number of hydrogen-bond donors (Lipinski definition) is 1. The average Bonchev–Trinajstić information content (AvgIpc) is 2.77. The van der Waals surface area contributed by atoms with Crippen LogP contribution in [-0.2, 0) is 11.8 Å². The Morgan fingerprint density at radius 3 is 2.42 bits per heavy atom. The van der Waals surface area contributed by atoms with Gasteiger partial charge in [-0.05, 0) is 32.0 Å². The predicted molar refractivity (Wildman–Crippen MR) is 61.6 cm³/mol. The van der Waals surface area contributed by atoms with Gasteiger partial charge in [-0.3, -0.25) is 0 Å². The van der Waals surface area contributed by atoms with E-state index in [1.807, 2.05) is 0 Å². The Morgan fingerprint density at radius 2 is 1.89 bits per heavy atom. The Labute approximate surface area is 107 Å². The molecule has 0 amide bonds. The van der Waals surface area contributed by atoms with E-state index in [9.17, 15) is 18.3 Å². The number of halogens is 3. The normalized spacial score (nSPS) is 12.7. The summed E-state index contributed by atoms with van der Waals surface area (Å²) in [6, 6.07) is 4.74. The fourth-order valence-corrected chi connectivity index (χ4v) is 1.50. The minimum absolute atomic E-state index is 0.234. The topological polar surface area (TPSA) is 50.9 Å². The van der Waals surface area contributed by atoms with Crippen molar-refractivity contribution in [2.45, 2.75) is 25.6 Å². The standard InChI is InChI=1S/C12H12F3N3O/c1-11(2,19)10-7-18(17-16-10)9-5-3-4-8(6-9)12(13,14)15/h3-7,19H,1-2H3. The van der Waals surface area contributed by atoms with Crippen LogP contribution in [0.2, 0.25) is 0 Å². The van der Waals surface area contributed by atoms with Gasteiger partial charge in [0.15, 0.2) is 0 Å². The lowest BCUT2D eigenvalue weighted by molar-refractivity contribution is -0.137. The molecule has 0 bridgehead atoms. The lowest BCUT2D eigenvalue weighted by Gasteiger charge is -2.12. The van der Waals surface area contributed by atoms with E-state index in [4.69, 9.17) is 0 Å². The summed E-state index contributed by atoms with van der Waals surface area (Å²) in [5.41, 5.74) is -1.44. The summed E-state index contributed by atoms with van der Waals surface area (Å²) in [5.74, 6) is 0. The first-order valence-corrected chi connectivity index (χ1v) is 5.51. The van der Waals surface area contributed by atoms with E-state index in [0.717, 1.165) is 12.1 Å². The molecule has 19 heavy (non-hydrogen) atoms. The SMILES string of the molecule is CC(C)(O)c1cn(-c2cccc(C(F)(F)F)c2)nn1. The van der Waals surface area contributed by atoms with Gasteiger partial charge < -0.3 is 5.11 Å². The van der Waals surface area contributed by atoms with E-state index in [2.05, 4.69) is 10.3 Å². The number of nitrogens with zero attached hydrogens (tertiary/aromatic N) is 3. The van der Waals surface area contributed by atoms with Gasteiger partial charge >= 0.3 is 6.18 Å². The van der Waals surface area contributed by atoms with Crippen molar-refractivity contribution in [1.29, 1.82) is 0 Å². The van der Waals surface area contributed by atoms with Crippen LogP contribution in [0.4, 0.5) is 13.2 Å². The third-order valence-corrected chi connectivity index (χ3v) is 2.56. The monoisotopic (exact) mass is 271 g/mol. The number of alkyl halides is 3. The van der Waals surface area contributed by atoms with Gasteiger partial charge in [0.1, 0.15) is 11.3 Å². The Bertz CT molecular complexity index is 584. The Hall–Kier alpha value is -1.89. The average molecular weight is 271 g/mol. The van der Waals surface area contributed by atoms with Crippen LogP contribution >= 0.6 is 0 Å². The second-order valence-corrected chi connectivity index (χ2v) is 4.66. The molecule has 0 saturated heterocycles. The van der Waals surface area contributed by atoms with Crippen molar-refractivity contribution in [1.82, 2.24) is 15.0 Å². The van der Waals surface area contributed by atoms with Crippen molar-refractivity contribution in [2.75, 3.05) is 0 Å².